The maximum atomic E-state index is 13.6. The van der Waals surface area contributed by atoms with Gasteiger partial charge in [-0.3, -0.25) is 4.79 Å². The summed E-state index contributed by atoms with van der Waals surface area (Å²) in [5.41, 5.74) is 8.63. The van der Waals surface area contributed by atoms with Crippen LogP contribution in [0.3, 0.4) is 0 Å². The first-order chi connectivity index (χ1) is 17.4. The lowest BCUT2D eigenvalue weighted by Crippen LogP contribution is -2.45. The standard InChI is InChI=1S/C27H34N8O/c1-27(2,3)25(34(16-10-15-28)24(36)19-35-30-20-29-32-35)26-31-23(22-13-8-5-9-14-22)18-33(26)17-21-11-6-4-7-12-21/h4-9,11-14,18,20,25H,10,15-17,19,28H2,1-3H3. The van der Waals surface area contributed by atoms with E-state index in [0.29, 0.717) is 26.1 Å². The Hall–Kier alpha value is -3.85. The summed E-state index contributed by atoms with van der Waals surface area (Å²) in [7, 11) is 0. The highest BCUT2D eigenvalue weighted by Crippen LogP contribution is 2.39. The molecular formula is C27H34N8O. The van der Waals surface area contributed by atoms with E-state index in [4.69, 9.17) is 10.7 Å². The lowest BCUT2D eigenvalue weighted by Gasteiger charge is -2.40. The highest BCUT2D eigenvalue weighted by molar-refractivity contribution is 5.76. The molecule has 0 saturated heterocycles. The van der Waals surface area contributed by atoms with Gasteiger partial charge in [-0.25, -0.2) is 4.98 Å². The summed E-state index contributed by atoms with van der Waals surface area (Å²) >= 11 is 0. The molecular weight excluding hydrogens is 452 g/mol. The third-order valence-electron chi connectivity index (χ3n) is 6.04. The molecule has 188 valence electrons. The molecule has 4 aromatic rings. The van der Waals surface area contributed by atoms with Gasteiger partial charge in [-0.2, -0.15) is 4.80 Å². The average Bonchev–Trinajstić information content (AvgIpc) is 3.52. The SMILES string of the molecule is CC(C)(C)C(c1nc(-c2ccccc2)cn1Cc1ccccc1)N(CCCN)C(=O)Cn1ncnn1. The average molecular weight is 487 g/mol. The lowest BCUT2D eigenvalue weighted by atomic mass is 9.84. The molecule has 0 saturated carbocycles. The van der Waals surface area contributed by atoms with Crippen LogP contribution in [0.2, 0.25) is 0 Å². The molecule has 9 heteroatoms. The Kier molecular flexibility index (Phi) is 7.90. The van der Waals surface area contributed by atoms with Crippen molar-refractivity contribution >= 4 is 5.91 Å². The number of tetrazole rings is 1. The van der Waals surface area contributed by atoms with E-state index in [1.165, 1.54) is 11.1 Å². The van der Waals surface area contributed by atoms with Crippen molar-refractivity contribution in [2.45, 2.75) is 46.3 Å². The normalized spacial score (nSPS) is 12.4. The summed E-state index contributed by atoms with van der Waals surface area (Å²) in [6, 6.07) is 20.1. The van der Waals surface area contributed by atoms with E-state index in [0.717, 1.165) is 22.6 Å². The van der Waals surface area contributed by atoms with Crippen LogP contribution in [-0.4, -0.2) is 53.7 Å². The Bertz CT molecular complexity index is 1230. The number of carbonyl (C=O) groups excluding carboxylic acids is 1. The zero-order chi connectivity index (χ0) is 25.5. The molecule has 2 N–H and O–H groups in total. The Morgan fingerprint density at radius 1 is 1.06 bits per heavy atom. The second-order valence-electron chi connectivity index (χ2n) is 9.93. The Labute approximate surface area is 212 Å². The zero-order valence-electron chi connectivity index (χ0n) is 21.2. The minimum Gasteiger partial charge on any atom is -0.330 e. The van der Waals surface area contributed by atoms with Crippen molar-refractivity contribution in [1.29, 1.82) is 0 Å². The number of hydrogen-bond acceptors (Lipinski definition) is 6. The van der Waals surface area contributed by atoms with E-state index in [1.807, 2.05) is 41.3 Å². The summed E-state index contributed by atoms with van der Waals surface area (Å²) in [5.74, 6) is 0.735. The molecule has 36 heavy (non-hydrogen) atoms. The largest absolute Gasteiger partial charge is 0.330 e. The summed E-state index contributed by atoms with van der Waals surface area (Å²) in [6.07, 6.45) is 4.09. The molecule has 0 radical (unpaired) electrons. The third-order valence-corrected chi connectivity index (χ3v) is 6.04. The summed E-state index contributed by atoms with van der Waals surface area (Å²) in [6.45, 7) is 8.04. The van der Waals surface area contributed by atoms with Crippen molar-refractivity contribution in [2.24, 2.45) is 11.1 Å². The number of amides is 1. The minimum atomic E-state index is -0.312. The van der Waals surface area contributed by atoms with Crippen LogP contribution in [0, 0.1) is 5.41 Å². The second-order valence-corrected chi connectivity index (χ2v) is 9.93. The van der Waals surface area contributed by atoms with Gasteiger partial charge in [0.25, 0.3) is 0 Å². The second kappa shape index (κ2) is 11.3. The van der Waals surface area contributed by atoms with Crippen LogP contribution < -0.4 is 5.73 Å². The first kappa shape index (κ1) is 25.2. The highest BCUT2D eigenvalue weighted by Gasteiger charge is 2.38. The molecule has 2 aromatic heterocycles. The van der Waals surface area contributed by atoms with Gasteiger partial charge in [-0.15, -0.1) is 10.2 Å². The van der Waals surface area contributed by atoms with Crippen molar-refractivity contribution < 1.29 is 4.79 Å². The molecule has 1 amide bonds. The number of benzene rings is 2. The number of imidazole rings is 1. The molecule has 4 rings (SSSR count). The van der Waals surface area contributed by atoms with Gasteiger partial charge in [0.05, 0.1) is 11.7 Å². The molecule has 2 heterocycles. The van der Waals surface area contributed by atoms with Gasteiger partial charge in [-0.05, 0) is 29.2 Å². The van der Waals surface area contributed by atoms with Crippen LogP contribution >= 0.6 is 0 Å². The molecule has 0 aliphatic heterocycles. The Morgan fingerprint density at radius 2 is 1.75 bits per heavy atom. The molecule has 1 atom stereocenters. The van der Waals surface area contributed by atoms with Crippen molar-refractivity contribution in [3.05, 3.63) is 84.6 Å². The van der Waals surface area contributed by atoms with Gasteiger partial charge in [0.15, 0.2) is 6.33 Å². The molecule has 0 bridgehead atoms. The monoisotopic (exact) mass is 486 g/mol. The smallest absolute Gasteiger partial charge is 0.246 e. The van der Waals surface area contributed by atoms with E-state index in [2.05, 4.69) is 71.2 Å². The number of rotatable bonds is 10. The molecule has 0 aliphatic rings. The molecule has 0 spiro atoms. The molecule has 0 fully saturated rings. The lowest BCUT2D eigenvalue weighted by molar-refractivity contribution is -0.137. The van der Waals surface area contributed by atoms with Crippen LogP contribution in [0.1, 0.15) is 44.6 Å². The minimum absolute atomic E-state index is 0.00207. The van der Waals surface area contributed by atoms with E-state index in [-0.39, 0.29) is 23.9 Å². The number of nitrogens with two attached hydrogens (primary N) is 1. The van der Waals surface area contributed by atoms with Crippen molar-refractivity contribution in [2.75, 3.05) is 13.1 Å². The maximum absolute atomic E-state index is 13.6. The Balaban J connectivity index is 1.81. The van der Waals surface area contributed by atoms with Crippen LogP contribution in [0.4, 0.5) is 0 Å². The first-order valence-corrected chi connectivity index (χ1v) is 12.2. The van der Waals surface area contributed by atoms with Gasteiger partial charge in [-0.1, -0.05) is 81.4 Å². The fourth-order valence-electron chi connectivity index (χ4n) is 4.43. The van der Waals surface area contributed by atoms with Gasteiger partial charge in [0, 0.05) is 24.8 Å². The first-order valence-electron chi connectivity index (χ1n) is 12.2. The number of hydrogen-bond donors (Lipinski definition) is 1. The fourth-order valence-corrected chi connectivity index (χ4v) is 4.43. The van der Waals surface area contributed by atoms with E-state index < -0.39 is 0 Å². The van der Waals surface area contributed by atoms with Gasteiger partial charge in [0.1, 0.15) is 12.4 Å². The number of aromatic nitrogens is 6. The highest BCUT2D eigenvalue weighted by atomic mass is 16.2. The van der Waals surface area contributed by atoms with Gasteiger partial charge >= 0.3 is 0 Å². The molecule has 9 nitrogen and oxygen atoms in total. The number of nitrogens with zero attached hydrogens (tertiary/aromatic N) is 7. The van der Waals surface area contributed by atoms with Crippen molar-refractivity contribution in [3.63, 3.8) is 0 Å². The van der Waals surface area contributed by atoms with Gasteiger partial charge in [0.2, 0.25) is 5.91 Å². The summed E-state index contributed by atoms with van der Waals surface area (Å²) in [5, 5.41) is 11.7. The predicted octanol–water partition coefficient (Wildman–Crippen LogP) is 3.55. The third kappa shape index (κ3) is 6.04. The quantitative estimate of drug-likeness (QED) is 0.367. The van der Waals surface area contributed by atoms with E-state index >= 15 is 0 Å². The molecule has 1 unspecified atom stereocenters. The molecule has 2 aromatic carbocycles. The number of carbonyl (C=O) groups is 1. The van der Waals surface area contributed by atoms with Crippen LogP contribution in [-0.2, 0) is 17.9 Å². The van der Waals surface area contributed by atoms with Crippen molar-refractivity contribution in [3.8, 4) is 11.3 Å². The zero-order valence-corrected chi connectivity index (χ0v) is 21.2. The van der Waals surface area contributed by atoms with Crippen molar-refractivity contribution in [1.82, 2.24) is 34.7 Å². The van der Waals surface area contributed by atoms with Gasteiger partial charge < -0.3 is 15.2 Å². The molecule has 0 aliphatic carbocycles. The van der Waals surface area contributed by atoms with Crippen LogP contribution in [0.5, 0.6) is 0 Å². The summed E-state index contributed by atoms with van der Waals surface area (Å²) in [4.78, 5) is 22.0. The summed E-state index contributed by atoms with van der Waals surface area (Å²) < 4.78 is 2.17. The van der Waals surface area contributed by atoms with E-state index in [9.17, 15) is 4.79 Å². The Morgan fingerprint density at radius 3 is 2.36 bits per heavy atom. The fraction of sp³-hybridized carbons (Fsp3) is 0.370. The predicted molar refractivity (Wildman–Crippen MR) is 139 cm³/mol. The van der Waals surface area contributed by atoms with Crippen LogP contribution in [0.15, 0.2) is 73.2 Å². The van der Waals surface area contributed by atoms with Crippen LogP contribution in [0.25, 0.3) is 11.3 Å². The maximum Gasteiger partial charge on any atom is 0.246 e. The van der Waals surface area contributed by atoms with E-state index in [1.54, 1.807) is 0 Å². The topological polar surface area (TPSA) is 108 Å².